The van der Waals surface area contributed by atoms with Crippen LogP contribution in [-0.4, -0.2) is 79.1 Å². The van der Waals surface area contributed by atoms with Crippen molar-refractivity contribution < 1.29 is 28.9 Å². The number of likely N-dealkylation sites (N-methyl/N-ethyl adjacent to an activating group) is 1. The maximum Gasteiger partial charge on any atom is 0.323 e. The van der Waals surface area contributed by atoms with Crippen LogP contribution < -0.4 is 24.8 Å². The number of nitrogens with one attached hydrogen (secondary N) is 2. The molecule has 0 aromatic heterocycles. The van der Waals surface area contributed by atoms with E-state index in [0.717, 1.165) is 12.5 Å². The molecule has 2 aliphatic heterocycles. The predicted octanol–water partition coefficient (Wildman–Crippen LogP) is 3.62. The molecule has 0 saturated heterocycles. The molecule has 5 rings (SSSR count). The van der Waals surface area contributed by atoms with Gasteiger partial charge in [0, 0.05) is 37.3 Å². The van der Waals surface area contributed by atoms with Crippen molar-refractivity contribution in [2.75, 3.05) is 50.7 Å². The molecule has 2 aromatic carbocycles. The van der Waals surface area contributed by atoms with Gasteiger partial charge < -0.3 is 39.8 Å². The maximum absolute atomic E-state index is 13.6. The van der Waals surface area contributed by atoms with Crippen LogP contribution in [0.4, 0.5) is 16.2 Å². The highest BCUT2D eigenvalue weighted by molar-refractivity contribution is 6.04. The number of rotatable bonds is 8. The number of fused-ring (bicyclic) bond motifs is 2. The zero-order valence-corrected chi connectivity index (χ0v) is 22.1. The Morgan fingerprint density at radius 2 is 1.95 bits per heavy atom. The summed E-state index contributed by atoms with van der Waals surface area (Å²) in [6.07, 6.45) is 2.30. The van der Waals surface area contributed by atoms with E-state index in [0.29, 0.717) is 47.3 Å². The Labute approximate surface area is 222 Å². The van der Waals surface area contributed by atoms with E-state index in [4.69, 9.17) is 14.2 Å². The molecule has 0 bridgehead atoms. The average molecular weight is 525 g/mol. The third-order valence-corrected chi connectivity index (χ3v) is 7.33. The minimum atomic E-state index is -0.480. The number of carbonyl (C=O) groups excluding carboxylic acids is 2. The minimum absolute atomic E-state index is 0.00160. The zero-order chi connectivity index (χ0) is 26.8. The lowest BCUT2D eigenvalue weighted by atomic mass is 9.99. The number of nitrogens with zero attached hydrogens (tertiary/aromatic N) is 2. The van der Waals surface area contributed by atoms with Crippen molar-refractivity contribution in [1.29, 1.82) is 0 Å². The maximum atomic E-state index is 13.6. The smallest absolute Gasteiger partial charge is 0.323 e. The van der Waals surface area contributed by atoms with Gasteiger partial charge in [0.2, 0.25) is 6.79 Å². The van der Waals surface area contributed by atoms with Crippen molar-refractivity contribution in [3.63, 3.8) is 0 Å². The normalized spacial score (nSPS) is 21.3. The van der Waals surface area contributed by atoms with Crippen LogP contribution in [-0.2, 0) is 0 Å². The van der Waals surface area contributed by atoms with Crippen molar-refractivity contribution >= 4 is 23.3 Å². The first-order valence-electron chi connectivity index (χ1n) is 13.2. The van der Waals surface area contributed by atoms with Crippen LogP contribution in [0.5, 0.6) is 17.2 Å². The van der Waals surface area contributed by atoms with Crippen LogP contribution in [0.1, 0.15) is 37.0 Å². The summed E-state index contributed by atoms with van der Waals surface area (Å²) in [5.74, 6) is 2.02. The van der Waals surface area contributed by atoms with Crippen molar-refractivity contribution in [1.82, 2.24) is 9.80 Å². The van der Waals surface area contributed by atoms with Crippen LogP contribution in [0.2, 0.25) is 0 Å². The van der Waals surface area contributed by atoms with E-state index in [1.165, 1.54) is 12.8 Å². The van der Waals surface area contributed by atoms with Gasteiger partial charge in [0.25, 0.3) is 5.91 Å². The van der Waals surface area contributed by atoms with Crippen LogP contribution in [0, 0.1) is 11.8 Å². The lowest BCUT2D eigenvalue weighted by Crippen LogP contribution is -2.50. The standard InChI is InChI=1S/C28H36N4O6/c1-17-12-32(18(2)15-33)27(34)21-5-4-6-22(26(21)38-25(17)14-31(3)13-19-7-8-19)30-28(35)29-20-9-10-23-24(11-20)37-16-36-23/h4-6,9-11,17-19,25,33H,7-8,12-16H2,1-3H3,(H2,29,30,35)/t17-,18+,25+/m1/s1. The quantitative estimate of drug-likeness (QED) is 0.484. The molecule has 0 unspecified atom stereocenters. The van der Waals surface area contributed by atoms with Crippen LogP contribution in [0.15, 0.2) is 36.4 Å². The Morgan fingerprint density at radius 1 is 1.16 bits per heavy atom. The van der Waals surface area contributed by atoms with E-state index in [2.05, 4.69) is 29.5 Å². The molecule has 0 radical (unpaired) electrons. The number of amides is 3. The second-order valence-electron chi connectivity index (χ2n) is 10.6. The molecule has 204 valence electrons. The van der Waals surface area contributed by atoms with E-state index < -0.39 is 6.03 Å². The van der Waals surface area contributed by atoms with Gasteiger partial charge in [-0.2, -0.15) is 0 Å². The monoisotopic (exact) mass is 524 g/mol. The highest BCUT2D eigenvalue weighted by Crippen LogP contribution is 2.37. The molecule has 2 aromatic rings. The molecule has 2 heterocycles. The Bertz CT molecular complexity index is 1190. The van der Waals surface area contributed by atoms with Crippen molar-refractivity contribution in [3.8, 4) is 17.2 Å². The van der Waals surface area contributed by atoms with Gasteiger partial charge in [0.15, 0.2) is 17.2 Å². The molecular weight excluding hydrogens is 488 g/mol. The molecule has 38 heavy (non-hydrogen) atoms. The molecule has 3 aliphatic rings. The Morgan fingerprint density at radius 3 is 2.71 bits per heavy atom. The third kappa shape index (κ3) is 5.81. The summed E-state index contributed by atoms with van der Waals surface area (Å²) in [4.78, 5) is 30.6. The number of hydrogen-bond acceptors (Lipinski definition) is 7. The number of aliphatic hydroxyl groups is 1. The second-order valence-corrected chi connectivity index (χ2v) is 10.6. The minimum Gasteiger partial charge on any atom is -0.486 e. The van der Waals surface area contributed by atoms with Crippen molar-refractivity contribution in [2.24, 2.45) is 11.8 Å². The number of ether oxygens (including phenoxy) is 3. The third-order valence-electron chi connectivity index (χ3n) is 7.33. The summed E-state index contributed by atoms with van der Waals surface area (Å²) in [7, 11) is 2.09. The van der Waals surface area contributed by atoms with Gasteiger partial charge in [0.1, 0.15) is 6.10 Å². The highest BCUT2D eigenvalue weighted by atomic mass is 16.7. The topological polar surface area (TPSA) is 113 Å². The first kappa shape index (κ1) is 26.1. The van der Waals surface area contributed by atoms with E-state index in [-0.39, 0.29) is 37.4 Å². The number of urea groups is 1. The summed E-state index contributed by atoms with van der Waals surface area (Å²) < 4.78 is 17.3. The first-order valence-corrected chi connectivity index (χ1v) is 13.2. The fourth-order valence-electron chi connectivity index (χ4n) is 4.94. The number of anilines is 2. The zero-order valence-electron chi connectivity index (χ0n) is 22.1. The summed E-state index contributed by atoms with van der Waals surface area (Å²) in [5, 5.41) is 15.5. The van der Waals surface area contributed by atoms with Gasteiger partial charge in [-0.3, -0.25) is 4.79 Å². The number of hydrogen-bond donors (Lipinski definition) is 3. The van der Waals surface area contributed by atoms with Gasteiger partial charge in [-0.05, 0) is 57.0 Å². The van der Waals surface area contributed by atoms with E-state index in [1.54, 1.807) is 41.3 Å². The summed E-state index contributed by atoms with van der Waals surface area (Å²) in [6.45, 7) is 6.06. The fraction of sp³-hybridized carbons (Fsp3) is 0.500. The van der Waals surface area contributed by atoms with Crippen molar-refractivity contribution in [3.05, 3.63) is 42.0 Å². The van der Waals surface area contributed by atoms with Gasteiger partial charge >= 0.3 is 6.03 Å². The lowest BCUT2D eigenvalue weighted by Gasteiger charge is -2.38. The van der Waals surface area contributed by atoms with Gasteiger partial charge in [0.05, 0.1) is 23.9 Å². The molecular formula is C28H36N4O6. The molecule has 1 aliphatic carbocycles. The van der Waals surface area contributed by atoms with E-state index in [9.17, 15) is 14.7 Å². The summed E-state index contributed by atoms with van der Waals surface area (Å²) in [6, 6.07) is 9.47. The van der Waals surface area contributed by atoms with Crippen LogP contribution >= 0.6 is 0 Å². The molecule has 3 atom stereocenters. The summed E-state index contributed by atoms with van der Waals surface area (Å²) in [5.41, 5.74) is 1.29. The van der Waals surface area contributed by atoms with Gasteiger partial charge in [-0.15, -0.1) is 0 Å². The first-order chi connectivity index (χ1) is 18.3. The van der Waals surface area contributed by atoms with E-state index in [1.807, 2.05) is 6.92 Å². The van der Waals surface area contributed by atoms with Crippen LogP contribution in [0.25, 0.3) is 0 Å². The number of benzene rings is 2. The SMILES string of the molecule is C[C@@H]1CN([C@@H](C)CO)C(=O)c2cccc(NC(=O)Nc3ccc4c(c3)OCO4)c2O[C@H]1CN(C)CC1CC1. The average Bonchev–Trinajstić information content (AvgIpc) is 3.58. The van der Waals surface area contributed by atoms with Gasteiger partial charge in [-0.1, -0.05) is 13.0 Å². The fourth-order valence-corrected chi connectivity index (χ4v) is 4.94. The highest BCUT2D eigenvalue weighted by Gasteiger charge is 2.35. The Hall–Kier alpha value is -3.50. The lowest BCUT2D eigenvalue weighted by molar-refractivity contribution is 0.0346. The van der Waals surface area contributed by atoms with E-state index >= 15 is 0 Å². The number of para-hydroxylation sites is 1. The number of aliphatic hydroxyl groups excluding tert-OH is 1. The molecule has 0 spiro atoms. The second kappa shape index (κ2) is 11.1. The molecule has 1 saturated carbocycles. The molecule has 10 nitrogen and oxygen atoms in total. The van der Waals surface area contributed by atoms with Crippen molar-refractivity contribution in [2.45, 2.75) is 38.8 Å². The number of carbonyl (C=O) groups is 2. The molecule has 3 amide bonds. The van der Waals surface area contributed by atoms with Gasteiger partial charge in [-0.25, -0.2) is 4.79 Å². The molecule has 3 N–H and O–H groups in total. The summed E-state index contributed by atoms with van der Waals surface area (Å²) >= 11 is 0. The van der Waals surface area contributed by atoms with Crippen LogP contribution in [0.3, 0.4) is 0 Å². The Kier molecular flexibility index (Phi) is 7.62. The largest absolute Gasteiger partial charge is 0.486 e. The predicted molar refractivity (Wildman–Crippen MR) is 143 cm³/mol. The molecule has 1 fully saturated rings. The Balaban J connectivity index is 1.41. The molecule has 10 heteroatoms.